The fraction of sp³-hybridized carbons (Fsp3) is 0.400. The quantitative estimate of drug-likeness (QED) is 0.376. The minimum Gasteiger partial charge on any atom is -0.303 e. The third-order valence-corrected chi connectivity index (χ3v) is 5.19. The van der Waals surface area contributed by atoms with Crippen molar-refractivity contribution >= 4 is 29.3 Å². The van der Waals surface area contributed by atoms with Crippen LogP contribution in [0.4, 0.5) is 0 Å². The lowest BCUT2D eigenvalue weighted by atomic mass is 10.1. The van der Waals surface area contributed by atoms with E-state index in [-0.39, 0.29) is 22.5 Å². The van der Waals surface area contributed by atoms with Crippen molar-refractivity contribution < 1.29 is 18.4 Å². The van der Waals surface area contributed by atoms with Gasteiger partial charge in [0.15, 0.2) is 5.78 Å². The van der Waals surface area contributed by atoms with Gasteiger partial charge in [-0.3, -0.25) is 9.36 Å². The number of carbonyl (C=O) groups excluding carboxylic acids is 1. The van der Waals surface area contributed by atoms with Crippen LogP contribution < -0.4 is 0 Å². The van der Waals surface area contributed by atoms with Gasteiger partial charge in [-0.2, -0.15) is 0 Å². The maximum atomic E-state index is 12.7. The molecule has 6 heteroatoms. The number of hydrogen-bond donors (Lipinski definition) is 0. The SMILES string of the molecule is CC(C)OP(=O)(/C=C(\Br)C(=O)c1ccccc1)OC(C)C. The second-order valence-electron chi connectivity index (χ2n) is 5.02. The molecule has 4 nitrogen and oxygen atoms in total. The molecule has 116 valence electrons. The highest BCUT2D eigenvalue weighted by molar-refractivity contribution is 9.12. The molecule has 1 aromatic carbocycles. The largest absolute Gasteiger partial charge is 0.355 e. The van der Waals surface area contributed by atoms with E-state index in [2.05, 4.69) is 15.9 Å². The molecule has 0 radical (unpaired) electrons. The minimum atomic E-state index is -3.49. The summed E-state index contributed by atoms with van der Waals surface area (Å²) in [5.41, 5.74) is 0.501. The highest BCUT2D eigenvalue weighted by atomic mass is 79.9. The number of rotatable bonds is 7. The molecule has 0 amide bonds. The van der Waals surface area contributed by atoms with Gasteiger partial charge in [-0.05, 0) is 43.6 Å². The average Bonchev–Trinajstić information content (AvgIpc) is 2.36. The van der Waals surface area contributed by atoms with E-state index >= 15 is 0 Å². The molecule has 0 N–H and O–H groups in total. The molecule has 0 heterocycles. The Labute approximate surface area is 134 Å². The van der Waals surface area contributed by atoms with Crippen molar-refractivity contribution in [2.45, 2.75) is 39.9 Å². The van der Waals surface area contributed by atoms with Gasteiger partial charge in [-0.1, -0.05) is 30.3 Å². The van der Waals surface area contributed by atoms with E-state index in [0.29, 0.717) is 5.56 Å². The third-order valence-electron chi connectivity index (χ3n) is 2.24. The van der Waals surface area contributed by atoms with Gasteiger partial charge in [-0.15, -0.1) is 0 Å². The molecular weight excluding hydrogens is 355 g/mol. The van der Waals surface area contributed by atoms with Gasteiger partial charge in [0.05, 0.1) is 16.7 Å². The summed E-state index contributed by atoms with van der Waals surface area (Å²) in [7, 11) is -3.49. The molecule has 0 unspecified atom stereocenters. The Morgan fingerprint density at radius 1 is 1.10 bits per heavy atom. The topological polar surface area (TPSA) is 52.6 Å². The zero-order valence-corrected chi connectivity index (χ0v) is 15.1. The van der Waals surface area contributed by atoms with Crippen LogP contribution in [0.1, 0.15) is 38.1 Å². The van der Waals surface area contributed by atoms with Crippen molar-refractivity contribution in [2.24, 2.45) is 0 Å². The Morgan fingerprint density at radius 3 is 2.00 bits per heavy atom. The molecule has 0 saturated heterocycles. The van der Waals surface area contributed by atoms with E-state index in [1.54, 1.807) is 52.0 Å². The van der Waals surface area contributed by atoms with Crippen LogP contribution >= 0.6 is 23.5 Å². The number of benzene rings is 1. The van der Waals surface area contributed by atoms with Crippen LogP contribution in [0, 0.1) is 0 Å². The van der Waals surface area contributed by atoms with E-state index in [1.165, 1.54) is 5.82 Å². The minimum absolute atomic E-state index is 0.165. The fourth-order valence-corrected chi connectivity index (χ4v) is 4.32. The van der Waals surface area contributed by atoms with Crippen LogP contribution in [-0.2, 0) is 13.6 Å². The predicted octanol–water partition coefficient (Wildman–Crippen LogP) is 5.15. The van der Waals surface area contributed by atoms with Gasteiger partial charge >= 0.3 is 7.60 Å². The Morgan fingerprint density at radius 2 is 1.57 bits per heavy atom. The van der Waals surface area contributed by atoms with Crippen LogP contribution in [0.3, 0.4) is 0 Å². The smallest absolute Gasteiger partial charge is 0.303 e. The Balaban J connectivity index is 3.04. The van der Waals surface area contributed by atoms with Gasteiger partial charge in [0, 0.05) is 11.4 Å². The number of hydrogen-bond acceptors (Lipinski definition) is 4. The second kappa shape index (κ2) is 8.04. The van der Waals surface area contributed by atoms with Crippen LogP contribution in [0.15, 0.2) is 40.6 Å². The third kappa shape index (κ3) is 6.27. The standard InChI is InChI=1S/C15H20BrO4P/c1-11(2)19-21(18,20-12(3)4)10-14(16)15(17)13-8-6-5-7-9-13/h5-12H,1-4H3/b14-10-. The van der Waals surface area contributed by atoms with Crippen molar-refractivity contribution in [1.82, 2.24) is 0 Å². The fourth-order valence-electron chi connectivity index (χ4n) is 1.60. The summed E-state index contributed by atoms with van der Waals surface area (Å²) in [6, 6.07) is 8.73. The molecule has 0 atom stereocenters. The van der Waals surface area contributed by atoms with Crippen LogP contribution in [0.2, 0.25) is 0 Å². The zero-order valence-electron chi connectivity index (χ0n) is 12.6. The zero-order chi connectivity index (χ0) is 16.0. The molecule has 0 aromatic heterocycles. The van der Waals surface area contributed by atoms with Crippen LogP contribution in [0.25, 0.3) is 0 Å². The highest BCUT2D eigenvalue weighted by Gasteiger charge is 2.27. The maximum absolute atomic E-state index is 12.7. The number of carbonyl (C=O) groups is 1. The van der Waals surface area contributed by atoms with Gasteiger partial charge in [-0.25, -0.2) is 0 Å². The molecule has 0 aliphatic heterocycles. The van der Waals surface area contributed by atoms with Crippen LogP contribution in [-0.4, -0.2) is 18.0 Å². The monoisotopic (exact) mass is 374 g/mol. The Hall–Kier alpha value is -0.740. The van der Waals surface area contributed by atoms with Crippen molar-refractivity contribution in [1.29, 1.82) is 0 Å². The van der Waals surface area contributed by atoms with E-state index < -0.39 is 7.60 Å². The van der Waals surface area contributed by atoms with Crippen molar-refractivity contribution in [3.63, 3.8) is 0 Å². The molecule has 0 spiro atoms. The summed E-state index contributed by atoms with van der Waals surface area (Å²) in [4.78, 5) is 12.2. The van der Waals surface area contributed by atoms with E-state index in [0.717, 1.165) is 0 Å². The molecular formula is C15H20BrO4P. The summed E-state index contributed by atoms with van der Waals surface area (Å²) in [6.45, 7) is 7.04. The summed E-state index contributed by atoms with van der Waals surface area (Å²) in [5, 5.41) is 0. The van der Waals surface area contributed by atoms with Gasteiger partial charge in [0.2, 0.25) is 0 Å². The first-order valence-corrected chi connectivity index (χ1v) is 9.08. The van der Waals surface area contributed by atoms with Crippen molar-refractivity contribution in [3.8, 4) is 0 Å². The molecule has 21 heavy (non-hydrogen) atoms. The lowest BCUT2D eigenvalue weighted by Crippen LogP contribution is -2.07. The Bertz CT molecular complexity index is 538. The first kappa shape index (κ1) is 18.3. The normalized spacial score (nSPS) is 13.0. The first-order chi connectivity index (χ1) is 9.73. The van der Waals surface area contributed by atoms with E-state index in [9.17, 15) is 9.36 Å². The van der Waals surface area contributed by atoms with E-state index in [4.69, 9.17) is 9.05 Å². The summed E-state index contributed by atoms with van der Waals surface area (Å²) in [6.07, 6.45) is -0.559. The molecule has 0 aliphatic rings. The maximum Gasteiger partial charge on any atom is 0.355 e. The lowest BCUT2D eigenvalue weighted by molar-refractivity contribution is 0.104. The number of Topliss-reactive ketones (excluding diaryl/α,β-unsaturated/α-hetero) is 1. The molecule has 0 fully saturated rings. The second-order valence-corrected chi connectivity index (χ2v) is 7.63. The molecule has 1 rings (SSSR count). The van der Waals surface area contributed by atoms with Gasteiger partial charge in [0.25, 0.3) is 0 Å². The Kier molecular flexibility index (Phi) is 7.01. The summed E-state index contributed by atoms with van der Waals surface area (Å²) in [5.74, 6) is 0.970. The number of ketones is 1. The number of allylic oxidation sites excluding steroid dienone is 1. The molecule has 1 aromatic rings. The summed E-state index contributed by atoms with van der Waals surface area (Å²) >= 11 is 3.18. The molecule has 0 aliphatic carbocycles. The van der Waals surface area contributed by atoms with Crippen LogP contribution in [0.5, 0.6) is 0 Å². The first-order valence-electron chi connectivity index (χ1n) is 6.68. The summed E-state index contributed by atoms with van der Waals surface area (Å²) < 4.78 is 23.6. The molecule has 0 saturated carbocycles. The molecule has 0 bridgehead atoms. The number of halogens is 1. The van der Waals surface area contributed by atoms with Crippen molar-refractivity contribution in [3.05, 3.63) is 46.2 Å². The average molecular weight is 375 g/mol. The van der Waals surface area contributed by atoms with E-state index in [1.807, 2.05) is 6.07 Å². The lowest BCUT2D eigenvalue weighted by Gasteiger charge is -2.20. The van der Waals surface area contributed by atoms with Crippen molar-refractivity contribution in [2.75, 3.05) is 0 Å². The highest BCUT2D eigenvalue weighted by Crippen LogP contribution is 2.53. The van der Waals surface area contributed by atoms with Gasteiger partial charge in [0.1, 0.15) is 0 Å². The van der Waals surface area contributed by atoms with Gasteiger partial charge < -0.3 is 9.05 Å². The predicted molar refractivity (Wildman–Crippen MR) is 87.8 cm³/mol.